The second kappa shape index (κ2) is 12.1. The van der Waals surface area contributed by atoms with Gasteiger partial charge in [-0.3, -0.25) is 0 Å². The summed E-state index contributed by atoms with van der Waals surface area (Å²) < 4.78 is 8.73. The van der Waals surface area contributed by atoms with Gasteiger partial charge in [0.15, 0.2) is 17.5 Å². The molecule has 0 fully saturated rings. The van der Waals surface area contributed by atoms with Crippen molar-refractivity contribution in [1.29, 1.82) is 0 Å². The number of fused-ring (bicyclic) bond motifs is 8. The molecule has 8 aromatic carbocycles. The summed E-state index contributed by atoms with van der Waals surface area (Å²) in [5, 5.41) is 6.91. The topological polar surface area (TPSA) is 56.7 Å². The van der Waals surface area contributed by atoms with Gasteiger partial charge in [0.05, 0.1) is 11.0 Å². The first kappa shape index (κ1) is 30.3. The van der Waals surface area contributed by atoms with Crippen LogP contribution in [0.4, 0.5) is 0 Å². The van der Waals surface area contributed by atoms with Crippen LogP contribution in [0.3, 0.4) is 0 Å². The van der Waals surface area contributed by atoms with E-state index >= 15 is 0 Å². The summed E-state index contributed by atoms with van der Waals surface area (Å²) in [4.78, 5) is 15.3. The van der Waals surface area contributed by atoms with Gasteiger partial charge in [-0.1, -0.05) is 140 Å². The predicted octanol–water partition coefficient (Wildman–Crippen LogP) is 12.7. The third-order valence-corrected chi connectivity index (χ3v) is 10.4. The van der Waals surface area contributed by atoms with Crippen LogP contribution in [0.5, 0.6) is 0 Å². The molecule has 5 heteroatoms. The Kier molecular flexibility index (Phi) is 6.79. The molecular weight excluding hydrogens is 661 g/mol. The van der Waals surface area contributed by atoms with Crippen molar-refractivity contribution in [2.24, 2.45) is 0 Å². The van der Waals surface area contributed by atoms with Crippen LogP contribution in [-0.4, -0.2) is 19.5 Å². The van der Waals surface area contributed by atoms with Crippen molar-refractivity contribution < 1.29 is 4.42 Å². The van der Waals surface area contributed by atoms with Crippen LogP contribution in [0.1, 0.15) is 0 Å². The van der Waals surface area contributed by atoms with Crippen LogP contribution >= 0.6 is 0 Å². The molecule has 0 atom stereocenters. The largest absolute Gasteiger partial charge is 0.455 e. The molecule has 0 aliphatic carbocycles. The molecule has 0 saturated carbocycles. The molecule has 0 amide bonds. The number of furan rings is 1. The van der Waals surface area contributed by atoms with Gasteiger partial charge in [0.25, 0.3) is 0 Å². The molecule has 0 N–H and O–H groups in total. The Morgan fingerprint density at radius 2 is 0.870 bits per heavy atom. The number of benzene rings is 8. The minimum Gasteiger partial charge on any atom is -0.455 e. The fourth-order valence-corrected chi connectivity index (χ4v) is 7.95. The number of hydrogen-bond donors (Lipinski definition) is 0. The lowest BCUT2D eigenvalue weighted by atomic mass is 9.95. The van der Waals surface area contributed by atoms with E-state index in [4.69, 9.17) is 19.4 Å². The number of rotatable bonds is 5. The third-order valence-electron chi connectivity index (χ3n) is 10.4. The summed E-state index contributed by atoms with van der Waals surface area (Å²) in [6.07, 6.45) is 0. The first-order chi connectivity index (χ1) is 26.8. The van der Waals surface area contributed by atoms with Crippen molar-refractivity contribution >= 4 is 54.5 Å². The Bertz CT molecular complexity index is 3180. The molecule has 0 spiro atoms. The van der Waals surface area contributed by atoms with Gasteiger partial charge in [-0.15, -0.1) is 0 Å². The van der Waals surface area contributed by atoms with Gasteiger partial charge in [-0.2, -0.15) is 0 Å². The minimum absolute atomic E-state index is 0.614. The second-order valence-corrected chi connectivity index (χ2v) is 13.6. The van der Waals surface area contributed by atoms with Crippen LogP contribution in [-0.2, 0) is 0 Å². The quantitative estimate of drug-likeness (QED) is 0.180. The molecule has 11 aromatic rings. The molecule has 0 aliphatic heterocycles. The normalized spacial score (nSPS) is 11.7. The lowest BCUT2D eigenvalue weighted by Crippen LogP contribution is -2.01. The van der Waals surface area contributed by atoms with Crippen molar-refractivity contribution in [2.45, 2.75) is 0 Å². The van der Waals surface area contributed by atoms with Gasteiger partial charge in [-0.25, -0.2) is 15.0 Å². The van der Waals surface area contributed by atoms with Gasteiger partial charge in [0.2, 0.25) is 0 Å². The van der Waals surface area contributed by atoms with E-state index in [1.54, 1.807) is 0 Å². The van der Waals surface area contributed by atoms with Crippen molar-refractivity contribution in [1.82, 2.24) is 19.5 Å². The highest BCUT2D eigenvalue weighted by Gasteiger charge is 2.17. The van der Waals surface area contributed by atoms with Crippen molar-refractivity contribution in [3.05, 3.63) is 182 Å². The van der Waals surface area contributed by atoms with E-state index in [2.05, 4.69) is 144 Å². The first-order valence-electron chi connectivity index (χ1n) is 18.1. The lowest BCUT2D eigenvalue weighted by molar-refractivity contribution is 0.672. The molecule has 0 radical (unpaired) electrons. The zero-order valence-corrected chi connectivity index (χ0v) is 29.0. The maximum absolute atomic E-state index is 6.41. The van der Waals surface area contributed by atoms with E-state index in [-0.39, 0.29) is 0 Å². The van der Waals surface area contributed by atoms with Crippen molar-refractivity contribution in [3.63, 3.8) is 0 Å². The summed E-state index contributed by atoms with van der Waals surface area (Å²) in [5.41, 5.74) is 10.1. The number of para-hydroxylation sites is 3. The number of nitrogens with zero attached hydrogens (tertiary/aromatic N) is 4. The van der Waals surface area contributed by atoms with Gasteiger partial charge in [-0.05, 0) is 59.0 Å². The molecule has 0 unspecified atom stereocenters. The van der Waals surface area contributed by atoms with E-state index in [9.17, 15) is 0 Å². The molecular formula is C49H30N4O. The Hall–Kier alpha value is -7.37. The van der Waals surface area contributed by atoms with E-state index in [0.717, 1.165) is 77.2 Å². The number of hydrogen-bond acceptors (Lipinski definition) is 4. The van der Waals surface area contributed by atoms with Crippen LogP contribution in [0.2, 0.25) is 0 Å². The summed E-state index contributed by atoms with van der Waals surface area (Å²) in [7, 11) is 0. The smallest absolute Gasteiger partial charge is 0.164 e. The molecule has 0 aliphatic rings. The molecule has 252 valence electrons. The third kappa shape index (κ3) is 4.83. The maximum atomic E-state index is 6.41. The van der Waals surface area contributed by atoms with E-state index in [0.29, 0.717) is 17.5 Å². The molecule has 3 aromatic heterocycles. The molecule has 0 bridgehead atoms. The summed E-state index contributed by atoms with van der Waals surface area (Å²) in [5.74, 6) is 1.85. The van der Waals surface area contributed by atoms with Crippen LogP contribution < -0.4 is 0 Å². The fourth-order valence-electron chi connectivity index (χ4n) is 7.95. The van der Waals surface area contributed by atoms with E-state index < -0.39 is 0 Å². The predicted molar refractivity (Wildman–Crippen MR) is 221 cm³/mol. The molecule has 11 rings (SSSR count). The van der Waals surface area contributed by atoms with Gasteiger partial charge in [0, 0.05) is 49.3 Å². The van der Waals surface area contributed by atoms with Crippen LogP contribution in [0.25, 0.3) is 105 Å². The average molecular weight is 691 g/mol. The maximum Gasteiger partial charge on any atom is 0.164 e. The highest BCUT2D eigenvalue weighted by Crippen LogP contribution is 2.39. The Balaban J connectivity index is 1.06. The van der Waals surface area contributed by atoms with Gasteiger partial charge >= 0.3 is 0 Å². The zero-order chi connectivity index (χ0) is 35.6. The zero-order valence-electron chi connectivity index (χ0n) is 29.0. The second-order valence-electron chi connectivity index (χ2n) is 13.6. The SMILES string of the molecule is c1ccc(-c2nc(-c3cccc(-c4cccc5c4ccc4c6ccccc6oc54)c3)nc(-c3cccc(-n4c5ccccc5c5ccccc54)c3)n2)cc1. The summed E-state index contributed by atoms with van der Waals surface area (Å²) in [6.45, 7) is 0. The molecule has 0 saturated heterocycles. The van der Waals surface area contributed by atoms with Gasteiger partial charge < -0.3 is 8.98 Å². The van der Waals surface area contributed by atoms with Crippen LogP contribution in [0.15, 0.2) is 186 Å². The average Bonchev–Trinajstić information content (AvgIpc) is 3.80. The highest BCUT2D eigenvalue weighted by atomic mass is 16.3. The monoisotopic (exact) mass is 690 g/mol. The lowest BCUT2D eigenvalue weighted by Gasteiger charge is -2.12. The number of aromatic nitrogens is 4. The van der Waals surface area contributed by atoms with E-state index in [1.807, 2.05) is 42.5 Å². The first-order valence-corrected chi connectivity index (χ1v) is 18.1. The minimum atomic E-state index is 0.614. The van der Waals surface area contributed by atoms with Crippen molar-refractivity contribution in [2.75, 3.05) is 0 Å². The summed E-state index contributed by atoms with van der Waals surface area (Å²) in [6, 6.07) is 63.3. The van der Waals surface area contributed by atoms with Crippen molar-refractivity contribution in [3.8, 4) is 51.0 Å². The molecule has 54 heavy (non-hydrogen) atoms. The molecule has 3 heterocycles. The highest BCUT2D eigenvalue weighted by molar-refractivity contribution is 6.17. The fraction of sp³-hybridized carbons (Fsp3) is 0. The van der Waals surface area contributed by atoms with Gasteiger partial charge in [0.1, 0.15) is 11.2 Å². The Morgan fingerprint density at radius 3 is 1.63 bits per heavy atom. The Morgan fingerprint density at radius 1 is 0.352 bits per heavy atom. The van der Waals surface area contributed by atoms with Crippen LogP contribution in [0, 0.1) is 0 Å². The summed E-state index contributed by atoms with van der Waals surface area (Å²) >= 11 is 0. The van der Waals surface area contributed by atoms with E-state index in [1.165, 1.54) is 10.8 Å². The molecule has 5 nitrogen and oxygen atoms in total. The standard InChI is InChI=1S/C49H30N4O/c1-2-13-31(14-3-1)47-50-48(52-49(51-47)34-17-11-18-35(30-34)53-43-24-7-4-19-38(43)39-20-5-8-25-44(39)53)33-16-10-15-32(29-33)36-22-12-23-41-37(36)27-28-42-40-21-6-9-26-45(40)54-46(41)42/h1-30H. The Labute approximate surface area is 310 Å².